The van der Waals surface area contributed by atoms with Crippen LogP contribution in [0, 0.1) is 35.0 Å². The molecule has 4 bridgehead atoms. The first-order valence-corrected chi connectivity index (χ1v) is 22.1. The monoisotopic (exact) mass is 781 g/mol. The summed E-state index contributed by atoms with van der Waals surface area (Å²) in [6.07, 6.45) is 6.71. The Morgan fingerprint density at radius 2 is 1.13 bits per heavy atom. The van der Waals surface area contributed by atoms with E-state index in [2.05, 4.69) is 180 Å². The topological polar surface area (TPSA) is 41.6 Å². The molecule has 4 saturated carbocycles. The molecule has 61 heavy (non-hydrogen) atoms. The molecule has 0 unspecified atom stereocenters. The quantitative estimate of drug-likeness (QED) is 0.174. The minimum absolute atomic E-state index is 0.00939. The molecule has 4 fully saturated rings. The summed E-state index contributed by atoms with van der Waals surface area (Å²) >= 11 is 0. The third kappa shape index (κ3) is 5.06. The zero-order chi connectivity index (χ0) is 40.2. The van der Waals surface area contributed by atoms with Gasteiger partial charge in [0, 0.05) is 38.6 Å². The first-order chi connectivity index (χ1) is 30.2. The molecule has 0 saturated heterocycles. The number of fused-ring (bicyclic) bond motifs is 6. The number of para-hydroxylation sites is 2. The zero-order valence-electron chi connectivity index (χ0n) is 33.9. The van der Waals surface area contributed by atoms with E-state index in [0.717, 1.165) is 51.2 Å². The van der Waals surface area contributed by atoms with E-state index in [1.807, 2.05) is 6.07 Å². The number of nitriles is 1. The molecule has 9 aromatic rings. The summed E-state index contributed by atoms with van der Waals surface area (Å²) in [7, 11) is 0. The van der Waals surface area contributed by atoms with E-state index in [9.17, 15) is 5.26 Å². The van der Waals surface area contributed by atoms with Gasteiger partial charge in [-0.15, -0.1) is 0 Å². The van der Waals surface area contributed by atoms with Crippen LogP contribution in [0.3, 0.4) is 0 Å². The van der Waals surface area contributed by atoms with Gasteiger partial charge >= 0.3 is 0 Å². The van der Waals surface area contributed by atoms with Gasteiger partial charge in [-0.05, 0) is 143 Å². The Morgan fingerprint density at radius 3 is 1.80 bits per heavy atom. The number of nitrogens with zero attached hydrogens (tertiary/aromatic N) is 3. The van der Waals surface area contributed by atoms with Crippen LogP contribution in [-0.2, 0) is 5.41 Å². The Kier molecular flexibility index (Phi) is 7.55. The van der Waals surface area contributed by atoms with Crippen LogP contribution in [-0.4, -0.2) is 9.55 Å². The van der Waals surface area contributed by atoms with Gasteiger partial charge in [0.05, 0.1) is 34.1 Å². The Balaban J connectivity index is 1.05. The summed E-state index contributed by atoms with van der Waals surface area (Å²) in [6.45, 7) is 0. The molecule has 5 aliphatic rings. The number of benzene rings is 7. The standard InChI is InChI=1S/C58H43N3/c59-35-36-22-24-48-50-32-41(23-25-51(50)58(52(48)31-36)43-27-37-26-38(29-43)30-44(58)28-37)46-18-11-21-55-56(46)49-20-10-19-47(57(49)61(55)45-16-8-3-9-17-45)42-33-53(39-12-4-1-5-13-39)60-54(34-42)40-14-6-2-7-15-40/h1-25,31-34,37-38,43-44H,26-30H2. The van der Waals surface area contributed by atoms with Crippen molar-refractivity contribution in [1.82, 2.24) is 9.55 Å². The highest BCUT2D eigenvalue weighted by Gasteiger charge is 2.61. The fourth-order valence-corrected chi connectivity index (χ4v) is 13.1. The lowest BCUT2D eigenvalue weighted by Gasteiger charge is -2.61. The molecule has 5 aliphatic carbocycles. The van der Waals surface area contributed by atoms with Gasteiger partial charge in [-0.25, -0.2) is 4.98 Å². The fraction of sp³-hybridized carbons (Fsp3) is 0.172. The zero-order valence-corrected chi connectivity index (χ0v) is 33.9. The second kappa shape index (κ2) is 13.2. The fourth-order valence-electron chi connectivity index (χ4n) is 13.1. The lowest BCUT2D eigenvalue weighted by molar-refractivity contribution is -0.0399. The predicted molar refractivity (Wildman–Crippen MR) is 248 cm³/mol. The maximum atomic E-state index is 10.2. The summed E-state index contributed by atoms with van der Waals surface area (Å²) < 4.78 is 2.48. The highest BCUT2D eigenvalue weighted by molar-refractivity contribution is 6.19. The van der Waals surface area contributed by atoms with Gasteiger partial charge in [0.25, 0.3) is 0 Å². The molecular weight excluding hydrogens is 739 g/mol. The van der Waals surface area contributed by atoms with Gasteiger partial charge in [-0.1, -0.05) is 127 Å². The Labute approximate surface area is 356 Å². The summed E-state index contributed by atoms with van der Waals surface area (Å²) in [4.78, 5) is 5.24. The van der Waals surface area contributed by atoms with Crippen LogP contribution in [0.1, 0.15) is 48.8 Å². The van der Waals surface area contributed by atoms with Crippen LogP contribution >= 0.6 is 0 Å². The van der Waals surface area contributed by atoms with E-state index >= 15 is 0 Å². The van der Waals surface area contributed by atoms with Crippen molar-refractivity contribution >= 4 is 21.8 Å². The summed E-state index contributed by atoms with van der Waals surface area (Å²) in [6, 6.07) is 66.7. The van der Waals surface area contributed by atoms with E-state index in [1.54, 1.807) is 0 Å². The van der Waals surface area contributed by atoms with Crippen LogP contribution in [0.25, 0.3) is 83.4 Å². The molecular formula is C58H43N3. The van der Waals surface area contributed by atoms with E-state index in [1.165, 1.54) is 92.9 Å². The van der Waals surface area contributed by atoms with E-state index < -0.39 is 0 Å². The van der Waals surface area contributed by atoms with Crippen molar-refractivity contribution in [3.05, 3.63) is 193 Å². The molecule has 7 aromatic carbocycles. The number of aromatic nitrogens is 2. The normalized spacial score (nSPS) is 21.8. The maximum Gasteiger partial charge on any atom is 0.0991 e. The largest absolute Gasteiger partial charge is 0.309 e. The molecule has 3 nitrogen and oxygen atoms in total. The lowest BCUT2D eigenvalue weighted by Crippen LogP contribution is -2.55. The van der Waals surface area contributed by atoms with Crippen LogP contribution in [0.15, 0.2) is 176 Å². The average Bonchev–Trinajstić information content (AvgIpc) is 3.81. The number of pyridine rings is 1. The third-order valence-electron chi connectivity index (χ3n) is 15.2. The summed E-state index contributed by atoms with van der Waals surface area (Å²) in [5.74, 6) is 3.02. The minimum Gasteiger partial charge on any atom is -0.309 e. The Hall–Kier alpha value is -7.02. The maximum absolute atomic E-state index is 10.2. The van der Waals surface area contributed by atoms with Crippen LogP contribution in [0.4, 0.5) is 0 Å². The molecule has 0 aliphatic heterocycles. The first kappa shape index (κ1) is 34.8. The SMILES string of the molecule is N#Cc1ccc2c(c1)C1(c3ccc(-c4cccc5c4c4cccc(-c6cc(-c7ccccc7)nc(-c7ccccc7)c6)c4n5-c4ccccc4)cc3-2)C2CC3CC(C2)CC1C3. The molecule has 0 amide bonds. The van der Waals surface area contributed by atoms with Crippen molar-refractivity contribution < 1.29 is 0 Å². The molecule has 3 heteroatoms. The second-order valence-corrected chi connectivity index (χ2v) is 18.2. The van der Waals surface area contributed by atoms with Crippen LogP contribution < -0.4 is 0 Å². The first-order valence-electron chi connectivity index (χ1n) is 22.1. The van der Waals surface area contributed by atoms with E-state index in [0.29, 0.717) is 11.8 Å². The smallest absolute Gasteiger partial charge is 0.0991 e. The number of rotatable bonds is 5. The van der Waals surface area contributed by atoms with Crippen molar-refractivity contribution in [3.63, 3.8) is 0 Å². The van der Waals surface area contributed by atoms with Crippen molar-refractivity contribution in [1.29, 1.82) is 5.26 Å². The van der Waals surface area contributed by atoms with Crippen LogP contribution in [0.5, 0.6) is 0 Å². The van der Waals surface area contributed by atoms with Crippen molar-refractivity contribution in [2.45, 2.75) is 37.5 Å². The Bertz CT molecular complexity index is 3180. The molecule has 290 valence electrons. The van der Waals surface area contributed by atoms with Crippen molar-refractivity contribution in [2.75, 3.05) is 0 Å². The molecule has 2 heterocycles. The van der Waals surface area contributed by atoms with Gasteiger partial charge < -0.3 is 4.57 Å². The predicted octanol–water partition coefficient (Wildman–Crippen LogP) is 14.4. The van der Waals surface area contributed by atoms with E-state index in [-0.39, 0.29) is 5.41 Å². The van der Waals surface area contributed by atoms with E-state index in [4.69, 9.17) is 4.98 Å². The minimum atomic E-state index is 0.00939. The lowest BCUT2D eigenvalue weighted by atomic mass is 9.43. The molecule has 14 rings (SSSR count). The average molecular weight is 782 g/mol. The molecule has 2 aromatic heterocycles. The van der Waals surface area contributed by atoms with Crippen molar-refractivity contribution in [2.24, 2.45) is 23.7 Å². The van der Waals surface area contributed by atoms with Gasteiger partial charge in [-0.3, -0.25) is 0 Å². The highest BCUT2D eigenvalue weighted by atomic mass is 15.0. The van der Waals surface area contributed by atoms with Gasteiger partial charge in [-0.2, -0.15) is 5.26 Å². The number of hydrogen-bond acceptors (Lipinski definition) is 2. The highest BCUT2D eigenvalue weighted by Crippen LogP contribution is 2.69. The number of hydrogen-bond donors (Lipinski definition) is 0. The van der Waals surface area contributed by atoms with Crippen LogP contribution in [0.2, 0.25) is 0 Å². The second-order valence-electron chi connectivity index (χ2n) is 18.2. The van der Waals surface area contributed by atoms with Gasteiger partial charge in [0.2, 0.25) is 0 Å². The summed E-state index contributed by atoms with van der Waals surface area (Å²) in [5.41, 5.74) is 18.8. The molecule has 1 spiro atoms. The molecule has 0 radical (unpaired) electrons. The Morgan fingerprint density at radius 1 is 0.492 bits per heavy atom. The van der Waals surface area contributed by atoms with Crippen molar-refractivity contribution in [3.8, 4) is 67.7 Å². The van der Waals surface area contributed by atoms with Gasteiger partial charge in [0.15, 0.2) is 0 Å². The summed E-state index contributed by atoms with van der Waals surface area (Å²) in [5, 5.41) is 12.6. The van der Waals surface area contributed by atoms with Gasteiger partial charge in [0.1, 0.15) is 0 Å². The molecule has 0 atom stereocenters. The molecule has 0 N–H and O–H groups in total. The third-order valence-corrected chi connectivity index (χ3v) is 15.2.